The highest BCUT2D eigenvalue weighted by molar-refractivity contribution is 5.31. The Bertz CT molecular complexity index is 331. The summed E-state index contributed by atoms with van der Waals surface area (Å²) in [5.74, 6) is 0.678. The second-order valence-corrected chi connectivity index (χ2v) is 3.79. The van der Waals surface area contributed by atoms with Crippen LogP contribution in [-0.4, -0.2) is 34.3 Å². The van der Waals surface area contributed by atoms with Crippen molar-refractivity contribution in [2.75, 3.05) is 18.0 Å². The van der Waals surface area contributed by atoms with Gasteiger partial charge in [0.1, 0.15) is 0 Å². The van der Waals surface area contributed by atoms with Gasteiger partial charge in [-0.3, -0.25) is 0 Å². The van der Waals surface area contributed by atoms with Gasteiger partial charge in [0.2, 0.25) is 5.95 Å². The molecule has 0 amide bonds. The number of aliphatic hydroxyl groups is 1. The number of rotatable bonds is 2. The SMILES string of the molecule is NCc1ccnc(N2CCCC(O)C2)n1. The van der Waals surface area contributed by atoms with Crippen LogP contribution in [0.5, 0.6) is 0 Å². The minimum Gasteiger partial charge on any atom is -0.391 e. The Balaban J connectivity index is 2.13. The highest BCUT2D eigenvalue weighted by Gasteiger charge is 2.19. The fourth-order valence-corrected chi connectivity index (χ4v) is 1.79. The van der Waals surface area contributed by atoms with Crippen molar-refractivity contribution in [3.63, 3.8) is 0 Å². The lowest BCUT2D eigenvalue weighted by Gasteiger charge is -2.30. The Morgan fingerprint density at radius 1 is 1.60 bits per heavy atom. The molecule has 1 aliphatic rings. The van der Waals surface area contributed by atoms with Crippen molar-refractivity contribution >= 4 is 5.95 Å². The van der Waals surface area contributed by atoms with E-state index in [9.17, 15) is 5.11 Å². The molecule has 2 rings (SSSR count). The molecule has 15 heavy (non-hydrogen) atoms. The normalized spacial score (nSPS) is 21.7. The van der Waals surface area contributed by atoms with Gasteiger partial charge in [-0.25, -0.2) is 9.97 Å². The number of anilines is 1. The van der Waals surface area contributed by atoms with E-state index in [1.165, 1.54) is 0 Å². The van der Waals surface area contributed by atoms with Crippen LogP contribution < -0.4 is 10.6 Å². The summed E-state index contributed by atoms with van der Waals surface area (Å²) in [4.78, 5) is 10.5. The Morgan fingerprint density at radius 2 is 2.47 bits per heavy atom. The predicted molar refractivity (Wildman–Crippen MR) is 57.4 cm³/mol. The van der Waals surface area contributed by atoms with Crippen molar-refractivity contribution in [3.05, 3.63) is 18.0 Å². The average Bonchev–Trinajstić information content (AvgIpc) is 2.29. The van der Waals surface area contributed by atoms with Crippen LogP contribution in [0.25, 0.3) is 0 Å². The quantitative estimate of drug-likeness (QED) is 0.709. The van der Waals surface area contributed by atoms with Gasteiger partial charge in [-0.1, -0.05) is 0 Å². The van der Waals surface area contributed by atoms with E-state index in [1.807, 2.05) is 11.0 Å². The zero-order chi connectivity index (χ0) is 10.7. The topological polar surface area (TPSA) is 75.3 Å². The van der Waals surface area contributed by atoms with E-state index >= 15 is 0 Å². The number of β-amino-alcohol motifs (C(OH)–C–C–N with tert-alkyl or cyclic N) is 1. The van der Waals surface area contributed by atoms with E-state index in [-0.39, 0.29) is 6.10 Å². The third-order valence-electron chi connectivity index (χ3n) is 2.59. The standard InChI is InChI=1S/C10H16N4O/c11-6-8-3-4-12-10(13-8)14-5-1-2-9(15)7-14/h3-4,9,15H,1-2,5-7,11H2. The van der Waals surface area contributed by atoms with Gasteiger partial charge in [0, 0.05) is 25.8 Å². The first kappa shape index (κ1) is 10.3. The van der Waals surface area contributed by atoms with Gasteiger partial charge < -0.3 is 15.7 Å². The first-order valence-corrected chi connectivity index (χ1v) is 5.24. The molecule has 82 valence electrons. The van der Waals surface area contributed by atoms with E-state index in [2.05, 4.69) is 9.97 Å². The van der Waals surface area contributed by atoms with Gasteiger partial charge >= 0.3 is 0 Å². The average molecular weight is 208 g/mol. The summed E-state index contributed by atoms with van der Waals surface area (Å²) < 4.78 is 0. The van der Waals surface area contributed by atoms with E-state index in [0.29, 0.717) is 19.0 Å². The molecule has 0 aromatic carbocycles. The summed E-state index contributed by atoms with van der Waals surface area (Å²) in [5, 5.41) is 9.55. The Morgan fingerprint density at radius 3 is 3.20 bits per heavy atom. The van der Waals surface area contributed by atoms with E-state index in [0.717, 1.165) is 25.1 Å². The van der Waals surface area contributed by atoms with Crippen LogP contribution in [0.4, 0.5) is 5.95 Å². The smallest absolute Gasteiger partial charge is 0.225 e. The number of nitrogens with two attached hydrogens (primary N) is 1. The van der Waals surface area contributed by atoms with Gasteiger partial charge in [-0.05, 0) is 18.9 Å². The molecule has 5 heteroatoms. The van der Waals surface area contributed by atoms with Crippen molar-refractivity contribution in [2.45, 2.75) is 25.5 Å². The maximum Gasteiger partial charge on any atom is 0.225 e. The number of aromatic nitrogens is 2. The minimum absolute atomic E-state index is 0.260. The summed E-state index contributed by atoms with van der Waals surface area (Å²) in [7, 11) is 0. The van der Waals surface area contributed by atoms with Crippen molar-refractivity contribution in [2.24, 2.45) is 5.73 Å². The molecule has 0 saturated carbocycles. The summed E-state index contributed by atoms with van der Waals surface area (Å²) >= 11 is 0. The number of piperidine rings is 1. The van der Waals surface area contributed by atoms with Crippen LogP contribution in [-0.2, 0) is 6.54 Å². The fourth-order valence-electron chi connectivity index (χ4n) is 1.79. The van der Waals surface area contributed by atoms with Crippen LogP contribution in [0.3, 0.4) is 0 Å². The van der Waals surface area contributed by atoms with Crippen molar-refractivity contribution < 1.29 is 5.11 Å². The van der Waals surface area contributed by atoms with E-state index in [1.54, 1.807) is 6.20 Å². The van der Waals surface area contributed by atoms with Crippen LogP contribution in [0.2, 0.25) is 0 Å². The largest absolute Gasteiger partial charge is 0.391 e. The number of hydrogen-bond acceptors (Lipinski definition) is 5. The lowest BCUT2D eigenvalue weighted by Crippen LogP contribution is -2.39. The molecule has 0 aliphatic carbocycles. The first-order chi connectivity index (χ1) is 7.29. The molecule has 0 bridgehead atoms. The number of hydrogen-bond donors (Lipinski definition) is 2. The third-order valence-corrected chi connectivity index (χ3v) is 2.59. The van der Waals surface area contributed by atoms with Gasteiger partial charge in [0.05, 0.1) is 11.8 Å². The number of aliphatic hydroxyl groups excluding tert-OH is 1. The zero-order valence-corrected chi connectivity index (χ0v) is 8.63. The monoisotopic (exact) mass is 208 g/mol. The predicted octanol–water partition coefficient (Wildman–Crippen LogP) is -0.104. The molecular formula is C10H16N4O. The minimum atomic E-state index is -0.260. The van der Waals surface area contributed by atoms with Crippen molar-refractivity contribution in [1.29, 1.82) is 0 Å². The molecule has 1 aromatic rings. The molecule has 0 spiro atoms. The fraction of sp³-hybridized carbons (Fsp3) is 0.600. The summed E-state index contributed by atoms with van der Waals surface area (Å²) in [5.41, 5.74) is 6.35. The Labute approximate surface area is 88.9 Å². The lowest BCUT2D eigenvalue weighted by molar-refractivity contribution is 0.153. The van der Waals surface area contributed by atoms with Gasteiger partial charge in [0.25, 0.3) is 0 Å². The molecular weight excluding hydrogens is 192 g/mol. The molecule has 1 fully saturated rings. The van der Waals surface area contributed by atoms with E-state index < -0.39 is 0 Å². The Hall–Kier alpha value is -1.20. The van der Waals surface area contributed by atoms with E-state index in [4.69, 9.17) is 5.73 Å². The van der Waals surface area contributed by atoms with Crippen LogP contribution in [0.15, 0.2) is 12.3 Å². The molecule has 1 aliphatic heterocycles. The van der Waals surface area contributed by atoms with Crippen LogP contribution >= 0.6 is 0 Å². The molecule has 2 heterocycles. The second kappa shape index (κ2) is 4.55. The lowest BCUT2D eigenvalue weighted by atomic mass is 10.1. The molecule has 1 saturated heterocycles. The molecule has 1 unspecified atom stereocenters. The summed E-state index contributed by atoms with van der Waals surface area (Å²) in [6.07, 6.45) is 3.31. The molecule has 1 aromatic heterocycles. The first-order valence-electron chi connectivity index (χ1n) is 5.24. The van der Waals surface area contributed by atoms with Crippen molar-refractivity contribution in [1.82, 2.24) is 9.97 Å². The Kier molecular flexibility index (Phi) is 3.13. The maximum atomic E-state index is 9.55. The molecule has 0 radical (unpaired) electrons. The van der Waals surface area contributed by atoms with Crippen LogP contribution in [0, 0.1) is 0 Å². The second-order valence-electron chi connectivity index (χ2n) is 3.79. The number of nitrogens with zero attached hydrogens (tertiary/aromatic N) is 3. The zero-order valence-electron chi connectivity index (χ0n) is 8.63. The summed E-state index contributed by atoms with van der Waals surface area (Å²) in [6.45, 7) is 1.95. The van der Waals surface area contributed by atoms with Crippen molar-refractivity contribution in [3.8, 4) is 0 Å². The molecule has 5 nitrogen and oxygen atoms in total. The molecule has 1 atom stereocenters. The van der Waals surface area contributed by atoms with Gasteiger partial charge in [-0.2, -0.15) is 0 Å². The van der Waals surface area contributed by atoms with Crippen LogP contribution in [0.1, 0.15) is 18.5 Å². The summed E-state index contributed by atoms with van der Waals surface area (Å²) in [6, 6.07) is 1.81. The van der Waals surface area contributed by atoms with Gasteiger partial charge in [-0.15, -0.1) is 0 Å². The highest BCUT2D eigenvalue weighted by atomic mass is 16.3. The maximum absolute atomic E-state index is 9.55. The molecule has 3 N–H and O–H groups in total. The third kappa shape index (κ3) is 2.43. The highest BCUT2D eigenvalue weighted by Crippen LogP contribution is 2.15. The van der Waals surface area contributed by atoms with Gasteiger partial charge in [0.15, 0.2) is 0 Å².